The summed E-state index contributed by atoms with van der Waals surface area (Å²) in [5.74, 6) is 5.97. The van der Waals surface area contributed by atoms with Crippen LogP contribution in [-0.2, 0) is 0 Å². The van der Waals surface area contributed by atoms with Crippen molar-refractivity contribution in [3.63, 3.8) is 0 Å². The first-order valence-electron chi connectivity index (χ1n) is 7.06. The van der Waals surface area contributed by atoms with Gasteiger partial charge < -0.3 is 4.90 Å². The third-order valence-corrected chi connectivity index (χ3v) is 3.63. The number of carbonyl (C=O) groups is 1. The van der Waals surface area contributed by atoms with Gasteiger partial charge in [0.25, 0.3) is 0 Å². The molecule has 1 heterocycles. The highest BCUT2D eigenvalue weighted by Crippen LogP contribution is 2.08. The van der Waals surface area contributed by atoms with Gasteiger partial charge in [-0.1, -0.05) is 30.3 Å². The van der Waals surface area contributed by atoms with E-state index in [-0.39, 0.29) is 5.78 Å². The van der Waals surface area contributed by atoms with Crippen molar-refractivity contribution in [2.45, 2.75) is 19.3 Å². The normalized spacial score (nSPS) is 17.5. The van der Waals surface area contributed by atoms with Crippen LogP contribution in [0.3, 0.4) is 0 Å². The molecule has 0 amide bonds. The fourth-order valence-corrected chi connectivity index (χ4v) is 2.38. The van der Waals surface area contributed by atoms with Crippen molar-refractivity contribution >= 4 is 5.78 Å². The van der Waals surface area contributed by atoms with E-state index in [9.17, 15) is 4.79 Å². The van der Waals surface area contributed by atoms with Crippen LogP contribution >= 0.6 is 0 Å². The molecule has 1 aromatic rings. The van der Waals surface area contributed by atoms with Crippen LogP contribution in [0.15, 0.2) is 30.3 Å². The second-order valence-corrected chi connectivity index (χ2v) is 5.12. The number of nitrogens with two attached hydrogens (primary N) is 1. The Hall–Kier alpha value is -1.23. The Morgan fingerprint density at radius 1 is 1.05 bits per heavy atom. The molecule has 0 radical (unpaired) electrons. The minimum Gasteiger partial charge on any atom is -0.301 e. The number of piperazine rings is 1. The number of rotatable bonds is 6. The first kappa shape index (κ1) is 14.2. The monoisotopic (exact) mass is 261 g/mol. The zero-order valence-electron chi connectivity index (χ0n) is 11.4. The fraction of sp³-hybridized carbons (Fsp3) is 0.533. The third-order valence-electron chi connectivity index (χ3n) is 3.63. The van der Waals surface area contributed by atoms with Crippen LogP contribution in [0.1, 0.15) is 29.6 Å². The molecule has 0 saturated carbocycles. The third kappa shape index (κ3) is 4.74. The molecule has 0 atom stereocenters. The highest BCUT2D eigenvalue weighted by molar-refractivity contribution is 5.95. The lowest BCUT2D eigenvalue weighted by atomic mass is 10.1. The molecule has 4 heteroatoms. The van der Waals surface area contributed by atoms with E-state index in [1.54, 1.807) is 0 Å². The topological polar surface area (TPSA) is 49.6 Å². The van der Waals surface area contributed by atoms with E-state index in [0.717, 1.165) is 51.1 Å². The van der Waals surface area contributed by atoms with Crippen LogP contribution in [-0.4, -0.2) is 48.4 Å². The summed E-state index contributed by atoms with van der Waals surface area (Å²) in [6.45, 7) is 5.06. The maximum absolute atomic E-state index is 11.9. The van der Waals surface area contributed by atoms with Crippen molar-refractivity contribution in [3.05, 3.63) is 35.9 Å². The Labute approximate surface area is 115 Å². The van der Waals surface area contributed by atoms with Gasteiger partial charge in [0.15, 0.2) is 5.78 Å². The Morgan fingerprint density at radius 3 is 2.42 bits per heavy atom. The Morgan fingerprint density at radius 2 is 1.74 bits per heavy atom. The summed E-state index contributed by atoms with van der Waals surface area (Å²) in [5.41, 5.74) is 0.833. The molecule has 4 nitrogen and oxygen atoms in total. The summed E-state index contributed by atoms with van der Waals surface area (Å²) in [7, 11) is 0. The summed E-state index contributed by atoms with van der Waals surface area (Å²) in [6, 6.07) is 9.55. The van der Waals surface area contributed by atoms with Gasteiger partial charge in [-0.15, -0.1) is 0 Å². The largest absolute Gasteiger partial charge is 0.301 e. The van der Waals surface area contributed by atoms with Gasteiger partial charge in [0.1, 0.15) is 0 Å². The minimum absolute atomic E-state index is 0.257. The Kier molecular flexibility index (Phi) is 5.51. The number of hydrogen-bond acceptors (Lipinski definition) is 4. The lowest BCUT2D eigenvalue weighted by molar-refractivity contribution is 0.0974. The molecule has 0 aromatic heterocycles. The molecular formula is C15H23N3O. The van der Waals surface area contributed by atoms with E-state index < -0.39 is 0 Å². The molecule has 1 aromatic carbocycles. The number of benzene rings is 1. The number of hydrogen-bond donors (Lipinski definition) is 1. The summed E-state index contributed by atoms with van der Waals surface area (Å²) < 4.78 is 0. The fourth-order valence-electron chi connectivity index (χ4n) is 2.38. The van der Waals surface area contributed by atoms with Crippen molar-refractivity contribution in [3.8, 4) is 0 Å². The molecule has 0 bridgehead atoms. The lowest BCUT2D eigenvalue weighted by Crippen LogP contribution is -2.49. The molecule has 1 aliphatic rings. The van der Waals surface area contributed by atoms with Gasteiger partial charge in [-0.05, 0) is 19.4 Å². The van der Waals surface area contributed by atoms with Crippen molar-refractivity contribution in [2.75, 3.05) is 32.7 Å². The van der Waals surface area contributed by atoms with Crippen molar-refractivity contribution in [1.82, 2.24) is 9.91 Å². The molecule has 19 heavy (non-hydrogen) atoms. The molecule has 1 fully saturated rings. The van der Waals surface area contributed by atoms with E-state index in [0.29, 0.717) is 6.42 Å². The van der Waals surface area contributed by atoms with Crippen molar-refractivity contribution in [1.29, 1.82) is 0 Å². The van der Waals surface area contributed by atoms with Gasteiger partial charge in [-0.25, -0.2) is 5.01 Å². The summed E-state index contributed by atoms with van der Waals surface area (Å²) in [4.78, 5) is 14.3. The number of carbonyl (C=O) groups excluding carboxylic acids is 1. The van der Waals surface area contributed by atoms with Gasteiger partial charge in [-0.2, -0.15) is 0 Å². The highest BCUT2D eigenvalue weighted by Gasteiger charge is 2.13. The number of nitrogens with zero attached hydrogens (tertiary/aromatic N) is 2. The molecule has 104 valence electrons. The quantitative estimate of drug-likeness (QED) is 0.479. The number of unbranched alkanes of at least 4 members (excludes halogenated alkanes) is 1. The Balaban J connectivity index is 1.61. The molecule has 1 saturated heterocycles. The number of hydrazine groups is 1. The van der Waals surface area contributed by atoms with E-state index in [1.807, 2.05) is 35.3 Å². The molecule has 2 N–H and O–H groups in total. The van der Waals surface area contributed by atoms with Gasteiger partial charge in [0, 0.05) is 38.2 Å². The second kappa shape index (κ2) is 7.38. The molecule has 1 aliphatic heterocycles. The average molecular weight is 261 g/mol. The highest BCUT2D eigenvalue weighted by atomic mass is 16.1. The van der Waals surface area contributed by atoms with Gasteiger partial charge in [0.2, 0.25) is 0 Å². The van der Waals surface area contributed by atoms with Gasteiger partial charge in [-0.3, -0.25) is 10.6 Å². The average Bonchev–Trinajstić information content (AvgIpc) is 2.46. The summed E-state index contributed by atoms with van der Waals surface area (Å²) >= 11 is 0. The summed E-state index contributed by atoms with van der Waals surface area (Å²) in [5, 5.41) is 1.87. The molecule has 0 unspecified atom stereocenters. The minimum atomic E-state index is 0.257. The zero-order chi connectivity index (χ0) is 13.5. The maximum atomic E-state index is 11.9. The Bertz CT molecular complexity index is 386. The SMILES string of the molecule is NN1CCN(CCCCC(=O)c2ccccc2)CC1. The van der Waals surface area contributed by atoms with Crippen LogP contribution in [0.25, 0.3) is 0 Å². The smallest absolute Gasteiger partial charge is 0.162 e. The van der Waals surface area contributed by atoms with E-state index in [1.165, 1.54) is 0 Å². The predicted octanol–water partition coefficient (Wildman–Crippen LogP) is 1.53. The molecule has 0 spiro atoms. The van der Waals surface area contributed by atoms with Gasteiger partial charge >= 0.3 is 0 Å². The van der Waals surface area contributed by atoms with Crippen LogP contribution in [0, 0.1) is 0 Å². The number of ketones is 1. The zero-order valence-corrected chi connectivity index (χ0v) is 11.4. The first-order valence-corrected chi connectivity index (χ1v) is 7.06. The van der Waals surface area contributed by atoms with E-state index >= 15 is 0 Å². The summed E-state index contributed by atoms with van der Waals surface area (Å²) in [6.07, 6.45) is 2.71. The standard InChI is InChI=1S/C15H23N3O/c16-18-12-10-17(11-13-18)9-5-4-8-15(19)14-6-2-1-3-7-14/h1-3,6-7H,4-5,8-13,16H2. The second-order valence-electron chi connectivity index (χ2n) is 5.12. The van der Waals surface area contributed by atoms with Crippen molar-refractivity contribution in [2.24, 2.45) is 5.84 Å². The lowest BCUT2D eigenvalue weighted by Gasteiger charge is -2.31. The predicted molar refractivity (Wildman–Crippen MR) is 76.8 cm³/mol. The van der Waals surface area contributed by atoms with Gasteiger partial charge in [0.05, 0.1) is 0 Å². The molecule has 0 aliphatic carbocycles. The number of Topliss-reactive ketones (excluding diaryl/α,β-unsaturated/α-hetero) is 1. The van der Waals surface area contributed by atoms with Crippen LogP contribution in [0.2, 0.25) is 0 Å². The molecular weight excluding hydrogens is 238 g/mol. The van der Waals surface area contributed by atoms with E-state index in [4.69, 9.17) is 5.84 Å². The van der Waals surface area contributed by atoms with Crippen LogP contribution in [0.5, 0.6) is 0 Å². The molecule has 2 rings (SSSR count). The van der Waals surface area contributed by atoms with Crippen LogP contribution in [0.4, 0.5) is 0 Å². The van der Waals surface area contributed by atoms with Crippen LogP contribution < -0.4 is 5.84 Å². The first-order chi connectivity index (χ1) is 9.25. The van der Waals surface area contributed by atoms with Crippen molar-refractivity contribution < 1.29 is 4.79 Å². The maximum Gasteiger partial charge on any atom is 0.162 e. The van der Waals surface area contributed by atoms with E-state index in [2.05, 4.69) is 4.90 Å².